The Morgan fingerprint density at radius 1 is 0.838 bits per heavy atom. The molecule has 0 heterocycles. The van der Waals surface area contributed by atoms with Crippen molar-refractivity contribution >= 4 is 0 Å². The molecule has 0 aromatic heterocycles. The maximum absolute atomic E-state index is 13.7. The van der Waals surface area contributed by atoms with Gasteiger partial charge in [-0.05, 0) is 143 Å². The zero-order chi connectivity index (χ0) is 26.9. The quantitative estimate of drug-likeness (QED) is 0.385. The first-order valence-electron chi connectivity index (χ1n) is 15.3. The van der Waals surface area contributed by atoms with Crippen molar-refractivity contribution < 1.29 is 28.1 Å². The van der Waals surface area contributed by atoms with Gasteiger partial charge in [0.1, 0.15) is 0 Å². The Labute approximate surface area is 222 Å². The molecule has 0 aromatic carbocycles. The summed E-state index contributed by atoms with van der Waals surface area (Å²) in [5.74, 6) is 3.00. The van der Waals surface area contributed by atoms with Crippen LogP contribution in [0.25, 0.3) is 0 Å². The van der Waals surface area contributed by atoms with Gasteiger partial charge in [0.15, 0.2) is 5.60 Å². The highest BCUT2D eigenvalue weighted by Crippen LogP contribution is 2.69. The van der Waals surface area contributed by atoms with Gasteiger partial charge in [0.05, 0.1) is 11.7 Å². The first kappa shape index (κ1) is 28.2. The van der Waals surface area contributed by atoms with E-state index in [2.05, 4.69) is 20.8 Å². The van der Waals surface area contributed by atoms with Crippen molar-refractivity contribution in [2.75, 3.05) is 7.11 Å². The molecule has 5 fully saturated rings. The molecule has 5 rings (SSSR count). The summed E-state index contributed by atoms with van der Waals surface area (Å²) in [4.78, 5) is 0. The van der Waals surface area contributed by atoms with Crippen molar-refractivity contribution in [3.63, 3.8) is 0 Å². The largest absolute Gasteiger partial charge is 0.417 e. The molecule has 6 heteroatoms. The third kappa shape index (κ3) is 4.71. The highest BCUT2D eigenvalue weighted by atomic mass is 19.4. The van der Waals surface area contributed by atoms with Gasteiger partial charge < -0.3 is 14.9 Å². The molecule has 0 radical (unpaired) electrons. The molecule has 37 heavy (non-hydrogen) atoms. The highest BCUT2D eigenvalue weighted by Gasteiger charge is 2.65. The van der Waals surface area contributed by atoms with E-state index in [4.69, 9.17) is 4.74 Å². The lowest BCUT2D eigenvalue weighted by molar-refractivity contribution is -0.290. The van der Waals surface area contributed by atoms with E-state index < -0.39 is 17.4 Å². The zero-order valence-corrected chi connectivity index (χ0v) is 23.6. The molecule has 0 unspecified atom stereocenters. The lowest BCUT2D eigenvalue weighted by Crippen LogP contribution is -2.59. The van der Waals surface area contributed by atoms with E-state index in [0.29, 0.717) is 47.5 Å². The number of hydrogen-bond donors (Lipinski definition) is 2. The predicted molar refractivity (Wildman–Crippen MR) is 139 cm³/mol. The molecule has 0 amide bonds. The van der Waals surface area contributed by atoms with E-state index in [1.54, 1.807) is 7.11 Å². The Kier molecular flexibility index (Phi) is 7.35. The first-order chi connectivity index (χ1) is 17.2. The van der Waals surface area contributed by atoms with Crippen LogP contribution in [0, 0.1) is 46.3 Å². The fourth-order valence-electron chi connectivity index (χ4n) is 10.8. The van der Waals surface area contributed by atoms with Crippen molar-refractivity contribution in [2.24, 2.45) is 46.3 Å². The van der Waals surface area contributed by atoms with Crippen LogP contribution in [0.2, 0.25) is 0 Å². The van der Waals surface area contributed by atoms with Crippen LogP contribution in [0.4, 0.5) is 13.2 Å². The van der Waals surface area contributed by atoms with Crippen LogP contribution >= 0.6 is 0 Å². The first-order valence-corrected chi connectivity index (χ1v) is 15.3. The molecule has 0 aromatic rings. The summed E-state index contributed by atoms with van der Waals surface area (Å²) in [6.07, 6.45) is 8.25. The molecule has 214 valence electrons. The molecule has 5 aliphatic rings. The smallest absolute Gasteiger partial charge is 0.390 e. The van der Waals surface area contributed by atoms with E-state index in [-0.39, 0.29) is 24.2 Å². The van der Waals surface area contributed by atoms with Crippen molar-refractivity contribution in [1.82, 2.24) is 0 Å². The number of rotatable bonds is 5. The monoisotopic (exact) mass is 528 g/mol. The van der Waals surface area contributed by atoms with Crippen LogP contribution in [0.15, 0.2) is 0 Å². The number of alkyl halides is 3. The summed E-state index contributed by atoms with van der Waals surface area (Å²) in [5.41, 5.74) is -2.79. The second-order valence-electron chi connectivity index (χ2n) is 14.8. The van der Waals surface area contributed by atoms with Gasteiger partial charge >= 0.3 is 6.18 Å². The van der Waals surface area contributed by atoms with Crippen molar-refractivity contribution in [2.45, 2.75) is 141 Å². The Balaban J connectivity index is 1.24. The predicted octanol–water partition coefficient (Wildman–Crippen LogP) is 7.68. The number of hydrogen-bond acceptors (Lipinski definition) is 3. The van der Waals surface area contributed by atoms with Gasteiger partial charge in [0, 0.05) is 7.11 Å². The summed E-state index contributed by atoms with van der Waals surface area (Å²) in [6, 6.07) is 0. The van der Waals surface area contributed by atoms with Gasteiger partial charge in [-0.1, -0.05) is 20.8 Å². The molecule has 2 N–H and O–H groups in total. The number of methoxy groups -OCH3 is 1. The van der Waals surface area contributed by atoms with E-state index in [0.717, 1.165) is 57.8 Å². The maximum Gasteiger partial charge on any atom is 0.417 e. The SMILES string of the molecule is COC1CCC(O)(CC[C@@H](C)[C@H]2CC[C@H]3[C@@H]4CC[C@H]5C[C@](O)(C(F)(F)F)CC[C@]5(C)[C@H]4CC[C@]23C)CC1. The molecule has 5 aliphatic carbocycles. The van der Waals surface area contributed by atoms with Gasteiger partial charge in [-0.25, -0.2) is 0 Å². The maximum atomic E-state index is 13.7. The molecule has 0 aliphatic heterocycles. The van der Waals surface area contributed by atoms with Crippen LogP contribution in [0.1, 0.15) is 117 Å². The lowest BCUT2D eigenvalue weighted by Gasteiger charge is -2.62. The van der Waals surface area contributed by atoms with E-state index in [1.807, 2.05) is 0 Å². The Morgan fingerprint density at radius 2 is 1.51 bits per heavy atom. The molecule has 0 saturated heterocycles. The summed E-state index contributed by atoms with van der Waals surface area (Å²) < 4.78 is 46.5. The summed E-state index contributed by atoms with van der Waals surface area (Å²) in [6.45, 7) is 7.20. The zero-order valence-electron chi connectivity index (χ0n) is 23.6. The van der Waals surface area contributed by atoms with E-state index >= 15 is 0 Å². The molecule has 9 atom stereocenters. The topological polar surface area (TPSA) is 49.7 Å². The lowest BCUT2D eigenvalue weighted by atomic mass is 9.43. The standard InChI is InChI=1S/C31H51F3O3/c1-20(9-14-29(35)15-10-22(37-4)11-16-29)24-7-8-25-23-6-5-21-19-30(36,31(32,33)34)18-17-27(21,2)26(23)12-13-28(24,25)3/h20-26,35-36H,5-19H2,1-4H3/t20-,21+,22?,23+,24-,25+,26+,27+,28-,29?,30+/m1/s1. The molecular formula is C31H51F3O3. The Morgan fingerprint density at radius 3 is 2.16 bits per heavy atom. The number of aliphatic hydroxyl groups is 2. The van der Waals surface area contributed by atoms with Gasteiger partial charge in [-0.15, -0.1) is 0 Å². The van der Waals surface area contributed by atoms with Crippen LogP contribution < -0.4 is 0 Å². The molecular weight excluding hydrogens is 477 g/mol. The minimum atomic E-state index is -4.53. The van der Waals surface area contributed by atoms with Gasteiger partial charge in [-0.2, -0.15) is 13.2 Å². The van der Waals surface area contributed by atoms with Crippen molar-refractivity contribution in [3.05, 3.63) is 0 Å². The Bertz CT molecular complexity index is 823. The van der Waals surface area contributed by atoms with Crippen molar-refractivity contribution in [3.8, 4) is 0 Å². The summed E-state index contributed by atoms with van der Waals surface area (Å²) >= 11 is 0. The fraction of sp³-hybridized carbons (Fsp3) is 1.00. The Hall–Kier alpha value is -0.330. The van der Waals surface area contributed by atoms with E-state index in [1.165, 1.54) is 19.3 Å². The average molecular weight is 529 g/mol. The summed E-state index contributed by atoms with van der Waals surface area (Å²) in [7, 11) is 1.77. The normalized spacial score (nSPS) is 51.2. The molecule has 0 spiro atoms. The van der Waals surface area contributed by atoms with E-state index in [9.17, 15) is 23.4 Å². The highest BCUT2D eigenvalue weighted by molar-refractivity contribution is 5.11. The van der Waals surface area contributed by atoms with Gasteiger partial charge in [0.25, 0.3) is 0 Å². The number of halogens is 3. The van der Waals surface area contributed by atoms with Crippen molar-refractivity contribution in [1.29, 1.82) is 0 Å². The van der Waals surface area contributed by atoms with Gasteiger partial charge in [-0.3, -0.25) is 0 Å². The number of ether oxygens (including phenoxy) is 1. The molecule has 0 bridgehead atoms. The summed E-state index contributed by atoms with van der Waals surface area (Å²) in [5, 5.41) is 21.7. The minimum absolute atomic E-state index is 0.0245. The van der Waals surface area contributed by atoms with Crippen LogP contribution in [-0.2, 0) is 4.74 Å². The number of fused-ring (bicyclic) bond motifs is 5. The van der Waals surface area contributed by atoms with Crippen LogP contribution in [-0.4, -0.2) is 40.8 Å². The van der Waals surface area contributed by atoms with Gasteiger partial charge in [0.2, 0.25) is 0 Å². The van der Waals surface area contributed by atoms with Crippen LogP contribution in [0.3, 0.4) is 0 Å². The minimum Gasteiger partial charge on any atom is -0.390 e. The second-order valence-corrected chi connectivity index (χ2v) is 14.8. The molecule has 5 saturated carbocycles. The molecule has 3 nitrogen and oxygen atoms in total. The third-order valence-corrected chi connectivity index (χ3v) is 13.3. The van der Waals surface area contributed by atoms with Crippen LogP contribution in [0.5, 0.6) is 0 Å². The fourth-order valence-corrected chi connectivity index (χ4v) is 10.8. The second kappa shape index (κ2) is 9.65. The average Bonchev–Trinajstić information content (AvgIpc) is 3.20. The third-order valence-electron chi connectivity index (χ3n) is 13.3.